The molecule has 2 N–H and O–H groups in total. The summed E-state index contributed by atoms with van der Waals surface area (Å²) in [4.78, 5) is 12.2. The highest BCUT2D eigenvalue weighted by Crippen LogP contribution is 2.15. The summed E-state index contributed by atoms with van der Waals surface area (Å²) in [7, 11) is 0. The molecule has 0 aliphatic carbocycles. The lowest BCUT2D eigenvalue weighted by atomic mass is 10.3. The van der Waals surface area contributed by atoms with Crippen LogP contribution in [0, 0.1) is 0 Å². The number of hydrogen-bond donors (Lipinski definition) is 2. The Kier molecular flexibility index (Phi) is 3.27. The van der Waals surface area contributed by atoms with Gasteiger partial charge in [-0.2, -0.15) is 5.10 Å². The van der Waals surface area contributed by atoms with E-state index in [2.05, 4.69) is 43.0 Å². The van der Waals surface area contributed by atoms with Crippen molar-refractivity contribution >= 4 is 34.2 Å². The first kappa shape index (κ1) is 13.5. The van der Waals surface area contributed by atoms with Gasteiger partial charge in [-0.1, -0.05) is 24.3 Å². The lowest BCUT2D eigenvalue weighted by Gasteiger charge is -2.01. The molecule has 0 radical (unpaired) electrons. The molecule has 23 heavy (non-hydrogen) atoms. The molecule has 2 aromatic carbocycles. The summed E-state index contributed by atoms with van der Waals surface area (Å²) in [6.07, 6.45) is 1.72. The highest BCUT2D eigenvalue weighted by atomic mass is 15.4. The Morgan fingerprint density at radius 1 is 1.09 bits per heavy atom. The van der Waals surface area contributed by atoms with Crippen LogP contribution >= 0.6 is 0 Å². The van der Waals surface area contributed by atoms with Gasteiger partial charge in [-0.25, -0.2) is 15.4 Å². The Bertz CT molecular complexity index is 962. The first-order chi connectivity index (χ1) is 11.3. The van der Waals surface area contributed by atoms with Crippen molar-refractivity contribution in [2.75, 3.05) is 5.43 Å². The van der Waals surface area contributed by atoms with Crippen LogP contribution in [0.1, 0.15) is 12.7 Å². The fourth-order valence-corrected chi connectivity index (χ4v) is 2.68. The quantitative estimate of drug-likeness (QED) is 0.448. The van der Waals surface area contributed by atoms with E-state index in [-0.39, 0.29) is 0 Å². The standard InChI is InChI=1S/C17H16N6/c1-2-23-15-10-6-5-9-14(15)19-16(23)11-18-22-17-20-12-7-3-4-8-13(12)21-17/h3-11H,2H2,1H3,(H2,20,21,22)/b18-11+. The van der Waals surface area contributed by atoms with E-state index in [0.29, 0.717) is 5.95 Å². The van der Waals surface area contributed by atoms with E-state index in [1.54, 1.807) is 6.21 Å². The molecular weight excluding hydrogens is 288 g/mol. The van der Waals surface area contributed by atoms with Gasteiger partial charge in [0.05, 0.1) is 28.3 Å². The molecule has 2 heterocycles. The van der Waals surface area contributed by atoms with Crippen LogP contribution in [0.3, 0.4) is 0 Å². The second kappa shape index (κ2) is 5.57. The maximum absolute atomic E-state index is 4.60. The number of imidazole rings is 2. The van der Waals surface area contributed by atoms with E-state index >= 15 is 0 Å². The normalized spacial score (nSPS) is 11.7. The lowest BCUT2D eigenvalue weighted by Crippen LogP contribution is -2.02. The first-order valence-corrected chi connectivity index (χ1v) is 7.54. The van der Waals surface area contributed by atoms with Crippen LogP contribution < -0.4 is 5.43 Å². The van der Waals surface area contributed by atoms with Crippen LogP contribution in [-0.4, -0.2) is 25.7 Å². The van der Waals surface area contributed by atoms with Crippen LogP contribution in [0.2, 0.25) is 0 Å². The Hall–Kier alpha value is -3.15. The third kappa shape index (κ3) is 2.44. The molecule has 0 aliphatic heterocycles. The van der Waals surface area contributed by atoms with Gasteiger partial charge in [-0.3, -0.25) is 0 Å². The number of fused-ring (bicyclic) bond motifs is 2. The molecule has 4 aromatic rings. The minimum atomic E-state index is 0.613. The molecule has 0 amide bonds. The molecule has 6 heteroatoms. The summed E-state index contributed by atoms with van der Waals surface area (Å²) in [5.74, 6) is 1.43. The SMILES string of the molecule is CCn1c(/C=N/Nc2nc3ccccc3[nH]2)nc2ccccc21. The van der Waals surface area contributed by atoms with E-state index in [9.17, 15) is 0 Å². The minimum absolute atomic E-state index is 0.613. The average Bonchev–Trinajstić information content (AvgIpc) is 3.14. The molecule has 0 saturated heterocycles. The number of rotatable bonds is 4. The van der Waals surface area contributed by atoms with Crippen molar-refractivity contribution in [1.29, 1.82) is 0 Å². The molecule has 0 saturated carbocycles. The van der Waals surface area contributed by atoms with Crippen LogP contribution in [0.25, 0.3) is 22.1 Å². The van der Waals surface area contributed by atoms with E-state index in [1.165, 1.54) is 0 Å². The van der Waals surface area contributed by atoms with Crippen LogP contribution in [0.4, 0.5) is 5.95 Å². The Balaban J connectivity index is 1.61. The molecule has 0 bridgehead atoms. The monoisotopic (exact) mass is 304 g/mol. The van der Waals surface area contributed by atoms with E-state index in [4.69, 9.17) is 0 Å². The van der Waals surface area contributed by atoms with Crippen molar-refractivity contribution in [3.63, 3.8) is 0 Å². The predicted molar refractivity (Wildman–Crippen MR) is 92.7 cm³/mol. The number of anilines is 1. The summed E-state index contributed by atoms with van der Waals surface area (Å²) in [6, 6.07) is 15.9. The lowest BCUT2D eigenvalue weighted by molar-refractivity contribution is 0.780. The van der Waals surface area contributed by atoms with Gasteiger partial charge in [0.15, 0.2) is 5.82 Å². The highest BCUT2D eigenvalue weighted by molar-refractivity contribution is 5.85. The predicted octanol–water partition coefficient (Wildman–Crippen LogP) is 3.38. The molecule has 0 fully saturated rings. The summed E-state index contributed by atoms with van der Waals surface area (Å²) in [5.41, 5.74) is 6.90. The molecule has 2 aromatic heterocycles. The van der Waals surface area contributed by atoms with E-state index < -0.39 is 0 Å². The number of aromatic nitrogens is 4. The molecule has 6 nitrogen and oxygen atoms in total. The van der Waals surface area contributed by atoms with Crippen LogP contribution in [-0.2, 0) is 6.54 Å². The fourth-order valence-electron chi connectivity index (χ4n) is 2.68. The van der Waals surface area contributed by atoms with Gasteiger partial charge in [0.2, 0.25) is 5.95 Å². The molecule has 0 atom stereocenters. The van der Waals surface area contributed by atoms with Crippen molar-refractivity contribution < 1.29 is 0 Å². The number of hydrazone groups is 1. The Labute approximate surface area is 132 Å². The maximum atomic E-state index is 4.60. The summed E-state index contributed by atoms with van der Waals surface area (Å²) in [6.45, 7) is 2.94. The van der Waals surface area contributed by atoms with Crippen molar-refractivity contribution in [1.82, 2.24) is 19.5 Å². The smallest absolute Gasteiger partial charge is 0.222 e. The van der Waals surface area contributed by atoms with Gasteiger partial charge in [0.25, 0.3) is 0 Å². The summed E-state index contributed by atoms with van der Waals surface area (Å²) < 4.78 is 2.12. The second-order valence-electron chi connectivity index (χ2n) is 5.18. The second-order valence-corrected chi connectivity index (χ2v) is 5.18. The number of aromatic amines is 1. The van der Waals surface area contributed by atoms with Crippen LogP contribution in [0.5, 0.6) is 0 Å². The number of hydrogen-bond acceptors (Lipinski definition) is 4. The first-order valence-electron chi connectivity index (χ1n) is 7.54. The summed E-state index contributed by atoms with van der Waals surface area (Å²) >= 11 is 0. The highest BCUT2D eigenvalue weighted by Gasteiger charge is 2.06. The van der Waals surface area contributed by atoms with Gasteiger partial charge < -0.3 is 9.55 Å². The van der Waals surface area contributed by atoms with Crippen LogP contribution in [0.15, 0.2) is 53.6 Å². The molecule has 0 aliphatic rings. The fraction of sp³-hybridized carbons (Fsp3) is 0.118. The Morgan fingerprint density at radius 3 is 2.70 bits per heavy atom. The largest absolute Gasteiger partial charge is 0.323 e. The number of aryl methyl sites for hydroxylation is 1. The molecular formula is C17H16N6. The van der Waals surface area contributed by atoms with E-state index in [1.807, 2.05) is 42.5 Å². The molecule has 0 unspecified atom stereocenters. The van der Waals surface area contributed by atoms with Crippen molar-refractivity contribution in [2.24, 2.45) is 5.10 Å². The van der Waals surface area contributed by atoms with Crippen molar-refractivity contribution in [3.8, 4) is 0 Å². The molecule has 4 rings (SSSR count). The number of H-pyrrole nitrogens is 1. The minimum Gasteiger partial charge on any atom is -0.323 e. The summed E-state index contributed by atoms with van der Waals surface area (Å²) in [5, 5.41) is 4.26. The topological polar surface area (TPSA) is 70.9 Å². The average molecular weight is 304 g/mol. The maximum Gasteiger partial charge on any atom is 0.222 e. The van der Waals surface area contributed by atoms with Gasteiger partial charge in [-0.15, -0.1) is 0 Å². The van der Waals surface area contributed by atoms with Crippen molar-refractivity contribution in [2.45, 2.75) is 13.5 Å². The van der Waals surface area contributed by atoms with Gasteiger partial charge >= 0.3 is 0 Å². The zero-order valence-electron chi connectivity index (χ0n) is 12.7. The van der Waals surface area contributed by atoms with E-state index in [0.717, 1.165) is 34.4 Å². The van der Waals surface area contributed by atoms with Gasteiger partial charge in [0.1, 0.15) is 0 Å². The zero-order valence-corrected chi connectivity index (χ0v) is 12.7. The van der Waals surface area contributed by atoms with Gasteiger partial charge in [0, 0.05) is 6.54 Å². The number of nitrogens with one attached hydrogen (secondary N) is 2. The van der Waals surface area contributed by atoms with Gasteiger partial charge in [-0.05, 0) is 31.2 Å². The molecule has 114 valence electrons. The Morgan fingerprint density at radius 2 is 1.87 bits per heavy atom. The zero-order chi connectivity index (χ0) is 15.6. The number of para-hydroxylation sites is 4. The third-order valence-electron chi connectivity index (χ3n) is 3.74. The molecule has 0 spiro atoms. The number of nitrogens with zero attached hydrogens (tertiary/aromatic N) is 4. The third-order valence-corrected chi connectivity index (χ3v) is 3.74. The number of benzene rings is 2. The van der Waals surface area contributed by atoms with Crippen molar-refractivity contribution in [3.05, 3.63) is 54.4 Å².